The fourth-order valence-electron chi connectivity index (χ4n) is 1.78. The molecule has 0 aliphatic carbocycles. The number of ether oxygens (including phenoxy) is 1. The van der Waals surface area contributed by atoms with Crippen LogP contribution < -0.4 is 4.74 Å². The Morgan fingerprint density at radius 1 is 1.06 bits per heavy atom. The topological polar surface area (TPSA) is 29.5 Å². The average molecular weight is 263 g/mol. The van der Waals surface area contributed by atoms with Crippen molar-refractivity contribution in [1.29, 1.82) is 0 Å². The third-order valence-corrected chi connectivity index (χ3v) is 2.87. The summed E-state index contributed by atoms with van der Waals surface area (Å²) in [6.07, 6.45) is 0.394. The minimum atomic E-state index is -0.158. The summed E-state index contributed by atoms with van der Waals surface area (Å²) >= 11 is 5.92. The Kier molecular flexibility index (Phi) is 4.62. The molecule has 0 heterocycles. The van der Waals surface area contributed by atoms with Gasteiger partial charge in [-0.15, -0.1) is 0 Å². The van der Waals surface area contributed by atoms with Crippen LogP contribution in [0, 0.1) is 0 Å². The van der Waals surface area contributed by atoms with Crippen molar-refractivity contribution in [3.05, 3.63) is 65.2 Å². The van der Waals surface area contributed by atoms with Crippen LogP contribution in [-0.4, -0.2) is 11.7 Å². The van der Waals surface area contributed by atoms with Crippen LogP contribution in [0.25, 0.3) is 0 Å². The Morgan fingerprint density at radius 2 is 1.83 bits per heavy atom. The molecule has 0 radical (unpaired) electrons. The highest BCUT2D eigenvalue weighted by Gasteiger charge is 2.12. The van der Waals surface area contributed by atoms with Crippen LogP contribution in [0.3, 0.4) is 0 Å². The second kappa shape index (κ2) is 6.43. The highest BCUT2D eigenvalue weighted by Crippen LogP contribution is 2.26. The van der Waals surface area contributed by atoms with Crippen LogP contribution in [0.5, 0.6) is 5.75 Å². The van der Waals surface area contributed by atoms with Gasteiger partial charge in [0.15, 0.2) is 0 Å². The van der Waals surface area contributed by atoms with E-state index in [1.807, 2.05) is 42.5 Å². The number of benzene rings is 2. The van der Waals surface area contributed by atoms with Crippen molar-refractivity contribution in [3.8, 4) is 5.75 Å². The van der Waals surface area contributed by atoms with E-state index in [2.05, 4.69) is 0 Å². The molecular weight excluding hydrogens is 248 g/mol. The molecule has 3 heteroatoms. The van der Waals surface area contributed by atoms with Gasteiger partial charge in [0, 0.05) is 18.1 Å². The molecule has 2 rings (SSSR count). The van der Waals surface area contributed by atoms with Gasteiger partial charge in [-0.2, -0.15) is 0 Å². The van der Waals surface area contributed by atoms with Gasteiger partial charge in [0.05, 0.1) is 0 Å². The lowest BCUT2D eigenvalue weighted by Crippen LogP contribution is -2.09. The number of hydrogen-bond acceptors (Lipinski definition) is 2. The van der Waals surface area contributed by atoms with Crippen molar-refractivity contribution < 1.29 is 9.84 Å². The molecule has 94 valence electrons. The molecule has 0 aliphatic rings. The molecule has 0 saturated carbocycles. The first-order valence-corrected chi connectivity index (χ1v) is 6.25. The first-order valence-electron chi connectivity index (χ1n) is 5.87. The van der Waals surface area contributed by atoms with E-state index in [0.29, 0.717) is 17.2 Å². The van der Waals surface area contributed by atoms with Crippen LogP contribution in [0.4, 0.5) is 0 Å². The van der Waals surface area contributed by atoms with Crippen molar-refractivity contribution in [1.82, 2.24) is 0 Å². The van der Waals surface area contributed by atoms with Gasteiger partial charge in [0.25, 0.3) is 0 Å². The van der Waals surface area contributed by atoms with E-state index in [1.165, 1.54) is 0 Å². The fraction of sp³-hybridized carbons (Fsp3) is 0.200. The lowest BCUT2D eigenvalue weighted by atomic mass is 10.1. The van der Waals surface area contributed by atoms with Crippen molar-refractivity contribution in [2.75, 3.05) is 6.61 Å². The SMILES string of the molecule is OCC[C@@H](Oc1cccc(Cl)c1)c1ccccc1. The van der Waals surface area contributed by atoms with Crippen LogP contribution >= 0.6 is 11.6 Å². The van der Waals surface area contributed by atoms with E-state index in [0.717, 1.165) is 5.56 Å². The molecule has 0 saturated heterocycles. The minimum absolute atomic E-state index is 0.0835. The van der Waals surface area contributed by atoms with E-state index in [4.69, 9.17) is 21.4 Å². The predicted molar refractivity (Wildman–Crippen MR) is 73.0 cm³/mol. The van der Waals surface area contributed by atoms with Gasteiger partial charge in [-0.3, -0.25) is 0 Å². The van der Waals surface area contributed by atoms with Crippen LogP contribution in [0.15, 0.2) is 54.6 Å². The fourth-order valence-corrected chi connectivity index (χ4v) is 1.96. The zero-order chi connectivity index (χ0) is 12.8. The number of aliphatic hydroxyl groups is 1. The molecule has 1 N–H and O–H groups in total. The van der Waals surface area contributed by atoms with Crippen molar-refractivity contribution in [3.63, 3.8) is 0 Å². The summed E-state index contributed by atoms with van der Waals surface area (Å²) in [6, 6.07) is 17.1. The lowest BCUT2D eigenvalue weighted by molar-refractivity contribution is 0.156. The summed E-state index contributed by atoms with van der Waals surface area (Å²) in [6.45, 7) is 0.0835. The van der Waals surface area contributed by atoms with Gasteiger partial charge in [-0.25, -0.2) is 0 Å². The first kappa shape index (κ1) is 12.9. The molecule has 18 heavy (non-hydrogen) atoms. The van der Waals surface area contributed by atoms with Crippen LogP contribution in [0.1, 0.15) is 18.1 Å². The number of halogens is 1. The smallest absolute Gasteiger partial charge is 0.126 e. The second-order valence-corrected chi connectivity index (χ2v) is 4.42. The molecule has 1 atom stereocenters. The summed E-state index contributed by atoms with van der Waals surface area (Å²) in [7, 11) is 0. The molecule has 0 fully saturated rings. The minimum Gasteiger partial charge on any atom is -0.486 e. The Hall–Kier alpha value is -1.51. The van der Waals surface area contributed by atoms with Gasteiger partial charge < -0.3 is 9.84 Å². The quantitative estimate of drug-likeness (QED) is 0.887. The van der Waals surface area contributed by atoms with Crippen molar-refractivity contribution in [2.45, 2.75) is 12.5 Å². The Morgan fingerprint density at radius 3 is 2.50 bits per heavy atom. The number of rotatable bonds is 5. The maximum absolute atomic E-state index is 9.12. The molecular formula is C15H15ClO2. The predicted octanol–water partition coefficient (Wildman–Crippen LogP) is 3.84. The maximum atomic E-state index is 9.12. The zero-order valence-corrected chi connectivity index (χ0v) is 10.7. The molecule has 0 aliphatic heterocycles. The molecule has 2 aromatic rings. The van der Waals surface area contributed by atoms with E-state index < -0.39 is 0 Å². The highest BCUT2D eigenvalue weighted by molar-refractivity contribution is 6.30. The molecule has 0 aromatic heterocycles. The van der Waals surface area contributed by atoms with Gasteiger partial charge in [0.1, 0.15) is 11.9 Å². The first-order chi connectivity index (χ1) is 8.79. The highest BCUT2D eigenvalue weighted by atomic mass is 35.5. The lowest BCUT2D eigenvalue weighted by Gasteiger charge is -2.18. The molecule has 2 nitrogen and oxygen atoms in total. The summed E-state index contributed by atoms with van der Waals surface area (Å²) in [5.41, 5.74) is 1.05. The van der Waals surface area contributed by atoms with Gasteiger partial charge >= 0.3 is 0 Å². The Balaban J connectivity index is 2.16. The normalized spacial score (nSPS) is 12.1. The monoisotopic (exact) mass is 262 g/mol. The summed E-state index contributed by atoms with van der Waals surface area (Å²) in [5, 5.41) is 9.77. The standard InChI is InChI=1S/C15H15ClO2/c16-13-7-4-8-14(11-13)18-15(9-10-17)12-5-2-1-3-6-12/h1-8,11,15,17H,9-10H2/t15-/m1/s1. The maximum Gasteiger partial charge on any atom is 0.126 e. The van der Waals surface area contributed by atoms with Gasteiger partial charge in [-0.1, -0.05) is 48.0 Å². The van der Waals surface area contributed by atoms with Crippen molar-refractivity contribution in [2.24, 2.45) is 0 Å². The molecule has 0 spiro atoms. The van der Waals surface area contributed by atoms with E-state index in [-0.39, 0.29) is 12.7 Å². The van der Waals surface area contributed by atoms with Crippen LogP contribution in [0.2, 0.25) is 5.02 Å². The van der Waals surface area contributed by atoms with E-state index in [1.54, 1.807) is 12.1 Å². The van der Waals surface area contributed by atoms with Gasteiger partial charge in [0.2, 0.25) is 0 Å². The van der Waals surface area contributed by atoms with Gasteiger partial charge in [-0.05, 0) is 23.8 Å². The summed E-state index contributed by atoms with van der Waals surface area (Å²) < 4.78 is 5.88. The Bertz CT molecular complexity index is 485. The van der Waals surface area contributed by atoms with Crippen LogP contribution in [-0.2, 0) is 0 Å². The third-order valence-electron chi connectivity index (χ3n) is 2.64. The zero-order valence-electron chi connectivity index (χ0n) is 9.92. The largest absolute Gasteiger partial charge is 0.486 e. The molecule has 0 bridgehead atoms. The Labute approximate surface area is 112 Å². The number of aliphatic hydroxyl groups excluding tert-OH is 1. The third kappa shape index (κ3) is 3.49. The summed E-state index contributed by atoms with van der Waals surface area (Å²) in [4.78, 5) is 0. The van der Waals surface area contributed by atoms with Crippen molar-refractivity contribution >= 4 is 11.6 Å². The molecule has 0 amide bonds. The second-order valence-electron chi connectivity index (χ2n) is 3.99. The molecule has 0 unspecified atom stereocenters. The number of hydrogen-bond donors (Lipinski definition) is 1. The average Bonchev–Trinajstić information content (AvgIpc) is 2.39. The molecule has 2 aromatic carbocycles. The summed E-state index contributed by atoms with van der Waals surface area (Å²) in [5.74, 6) is 0.713. The van der Waals surface area contributed by atoms with E-state index in [9.17, 15) is 0 Å². The van der Waals surface area contributed by atoms with E-state index >= 15 is 0 Å².